The molecule has 2 aliphatic rings. The van der Waals surface area contributed by atoms with Crippen LogP contribution in [0.5, 0.6) is 0 Å². The van der Waals surface area contributed by atoms with Gasteiger partial charge in [-0.1, -0.05) is 0 Å². The van der Waals surface area contributed by atoms with Crippen molar-refractivity contribution in [3.05, 3.63) is 36.0 Å². The molecule has 198 valence electrons. The van der Waals surface area contributed by atoms with Crippen molar-refractivity contribution in [3.63, 3.8) is 0 Å². The second-order valence-corrected chi connectivity index (χ2v) is 12.3. The average Bonchev–Trinajstić information content (AvgIpc) is 2.83. The van der Waals surface area contributed by atoms with Crippen molar-refractivity contribution in [2.45, 2.75) is 56.9 Å². The molecule has 11 heteroatoms. The third-order valence-corrected chi connectivity index (χ3v) is 9.76. The molecule has 2 amide bonds. The number of aromatic nitrogens is 2. The lowest BCUT2D eigenvalue weighted by atomic mass is 9.81. The van der Waals surface area contributed by atoms with Crippen LogP contribution in [0.2, 0.25) is 0 Å². The first-order chi connectivity index (χ1) is 17.2. The van der Waals surface area contributed by atoms with Crippen molar-refractivity contribution in [2.75, 3.05) is 42.3 Å². The normalized spacial score (nSPS) is 20.8. The maximum absolute atomic E-state index is 12.1. The molecule has 1 aliphatic heterocycles. The predicted octanol–water partition coefficient (Wildman–Crippen LogP) is 4.02. The largest absolute Gasteiger partial charge is 0.394 e. The zero-order valence-corrected chi connectivity index (χ0v) is 21.9. The van der Waals surface area contributed by atoms with E-state index < -0.39 is 21.4 Å². The van der Waals surface area contributed by atoms with Gasteiger partial charge in [-0.25, -0.2) is 14.8 Å². The number of rotatable bonds is 8. The minimum atomic E-state index is -2.87. The molecule has 1 saturated heterocycles. The number of nitrogens with zero attached hydrogens (tertiary/aromatic N) is 3. The van der Waals surface area contributed by atoms with E-state index in [1.54, 1.807) is 19.1 Å². The number of amides is 2. The topological polar surface area (TPSA) is 140 Å². The van der Waals surface area contributed by atoms with Gasteiger partial charge in [0.05, 0.1) is 37.6 Å². The molecular formula is C25H37N5O5S. The number of morpholine rings is 1. The first-order valence-corrected chi connectivity index (χ1v) is 14.2. The number of benzene rings is 1. The molecular weight excluding hydrogens is 482 g/mol. The molecule has 5 N–H and O–H groups in total. The van der Waals surface area contributed by atoms with Crippen molar-refractivity contribution < 1.29 is 23.7 Å². The van der Waals surface area contributed by atoms with E-state index in [0.717, 1.165) is 17.8 Å². The molecule has 0 radical (unpaired) electrons. The molecule has 1 aromatic heterocycles. The summed E-state index contributed by atoms with van der Waals surface area (Å²) in [6.45, 7) is 7.36. The Kier molecular flexibility index (Phi) is 8.06. The molecule has 1 aromatic carbocycles. The van der Waals surface area contributed by atoms with Crippen molar-refractivity contribution >= 4 is 28.1 Å². The highest BCUT2D eigenvalue weighted by Crippen LogP contribution is 2.67. The monoisotopic (exact) mass is 519 g/mol. The van der Waals surface area contributed by atoms with E-state index in [9.17, 15) is 13.9 Å². The van der Waals surface area contributed by atoms with Crippen LogP contribution in [0.4, 0.5) is 16.3 Å². The summed E-state index contributed by atoms with van der Waals surface area (Å²) in [7, 11) is -2.87. The summed E-state index contributed by atoms with van der Waals surface area (Å²) >= 11 is 0. The molecule has 0 unspecified atom stereocenters. The molecule has 2 fully saturated rings. The maximum atomic E-state index is 12.1. The van der Waals surface area contributed by atoms with E-state index in [4.69, 9.17) is 19.8 Å². The molecule has 0 bridgehead atoms. The van der Waals surface area contributed by atoms with Crippen LogP contribution in [0.25, 0.3) is 11.4 Å². The number of nitrogens with one attached hydrogen (secondary N) is 2. The summed E-state index contributed by atoms with van der Waals surface area (Å²) in [4.78, 5) is 24.0. The lowest BCUT2D eigenvalue weighted by Gasteiger charge is -2.55. The summed E-state index contributed by atoms with van der Waals surface area (Å²) < 4.78 is 26.9. The van der Waals surface area contributed by atoms with Gasteiger partial charge in [0.25, 0.3) is 0 Å². The molecule has 1 saturated carbocycles. The highest BCUT2D eigenvalue weighted by Gasteiger charge is 2.50. The summed E-state index contributed by atoms with van der Waals surface area (Å²) in [5.74, 6) is 1.54. The maximum Gasteiger partial charge on any atom is 0.319 e. The van der Waals surface area contributed by atoms with Gasteiger partial charge in [-0.2, -0.15) is 10.6 Å². The summed E-state index contributed by atoms with van der Waals surface area (Å²) in [5, 5.41) is 14.5. The predicted molar refractivity (Wildman–Crippen MR) is 143 cm³/mol. The van der Waals surface area contributed by atoms with Gasteiger partial charge in [-0.05, 0) is 64.3 Å². The van der Waals surface area contributed by atoms with Gasteiger partial charge < -0.3 is 25.4 Å². The van der Waals surface area contributed by atoms with Crippen LogP contribution >= 0.6 is 10.6 Å². The Morgan fingerprint density at radius 1 is 1.28 bits per heavy atom. The van der Waals surface area contributed by atoms with Crippen molar-refractivity contribution in [2.24, 2.45) is 0 Å². The number of anilines is 2. The van der Waals surface area contributed by atoms with Crippen LogP contribution in [-0.2, 0) is 9.48 Å². The Morgan fingerprint density at radius 2 is 2.00 bits per heavy atom. The second-order valence-electron chi connectivity index (χ2n) is 9.62. The Morgan fingerprint density at radius 3 is 2.58 bits per heavy atom. The zero-order chi connectivity index (χ0) is 25.9. The number of hydrogen-bond acceptors (Lipinski definition) is 8. The molecule has 4 rings (SSSR count). The number of urea groups is 1. The van der Waals surface area contributed by atoms with E-state index >= 15 is 0 Å². The van der Waals surface area contributed by atoms with Crippen LogP contribution in [0.3, 0.4) is 0 Å². The fourth-order valence-electron chi connectivity index (χ4n) is 4.68. The van der Waals surface area contributed by atoms with Crippen LogP contribution < -0.4 is 15.5 Å². The number of aliphatic hydroxyl groups excluding tert-OH is 1. The number of carbonyl (C=O) groups excluding carboxylic acids is 1. The van der Waals surface area contributed by atoms with E-state index in [1.807, 2.05) is 25.1 Å². The Hall–Kier alpha value is -2.44. The lowest BCUT2D eigenvalue weighted by molar-refractivity contribution is 0.0985. The van der Waals surface area contributed by atoms with Gasteiger partial charge in [0, 0.05) is 29.6 Å². The van der Waals surface area contributed by atoms with Crippen LogP contribution in [0.1, 0.15) is 45.7 Å². The van der Waals surface area contributed by atoms with Crippen LogP contribution in [-0.4, -0.2) is 74.4 Å². The van der Waals surface area contributed by atoms with E-state index in [0.29, 0.717) is 49.8 Å². The fourth-order valence-corrected chi connectivity index (χ4v) is 6.61. The van der Waals surface area contributed by atoms with Gasteiger partial charge in [0.1, 0.15) is 10.6 Å². The molecule has 36 heavy (non-hydrogen) atoms. The Labute approximate surface area is 213 Å². The van der Waals surface area contributed by atoms with Gasteiger partial charge in [0.15, 0.2) is 5.82 Å². The van der Waals surface area contributed by atoms with Gasteiger partial charge in [0.2, 0.25) is 0 Å². The summed E-state index contributed by atoms with van der Waals surface area (Å²) in [5.41, 5.74) is 2.03. The van der Waals surface area contributed by atoms with Crippen LogP contribution in [0, 0.1) is 0 Å². The Balaban J connectivity index is 1.69. The highest BCUT2D eigenvalue weighted by atomic mass is 32.3. The van der Waals surface area contributed by atoms with Gasteiger partial charge >= 0.3 is 6.03 Å². The fraction of sp³-hybridized carbons (Fsp3) is 0.560. The summed E-state index contributed by atoms with van der Waals surface area (Å²) in [6, 6.07) is 8.51. The molecule has 10 nitrogen and oxygen atoms in total. The third-order valence-electron chi connectivity index (χ3n) is 7.08. The van der Waals surface area contributed by atoms with E-state index in [2.05, 4.69) is 22.5 Å². The average molecular weight is 520 g/mol. The molecule has 2 aromatic rings. The van der Waals surface area contributed by atoms with Gasteiger partial charge in [-0.3, -0.25) is 9.11 Å². The van der Waals surface area contributed by atoms with E-state index in [-0.39, 0.29) is 24.4 Å². The first kappa shape index (κ1) is 26.6. The minimum Gasteiger partial charge on any atom is -0.394 e. The number of ether oxygens (including phenoxy) is 1. The van der Waals surface area contributed by atoms with E-state index in [1.165, 1.54) is 0 Å². The van der Waals surface area contributed by atoms with Crippen molar-refractivity contribution in [1.82, 2.24) is 15.3 Å². The smallest absolute Gasteiger partial charge is 0.319 e. The minimum absolute atomic E-state index is 0.129. The quantitative estimate of drug-likeness (QED) is 0.352. The van der Waals surface area contributed by atoms with Crippen molar-refractivity contribution in [3.8, 4) is 11.4 Å². The lowest BCUT2D eigenvalue weighted by Crippen LogP contribution is -2.45. The molecule has 2 atom stereocenters. The van der Waals surface area contributed by atoms with Crippen LogP contribution in [0.15, 0.2) is 30.3 Å². The zero-order valence-electron chi connectivity index (χ0n) is 21.1. The summed E-state index contributed by atoms with van der Waals surface area (Å²) in [6.07, 6.45) is 2.29. The number of aliphatic hydroxyl groups is 1. The number of hydrogen-bond donors (Lipinski definition) is 5. The first-order valence-electron chi connectivity index (χ1n) is 12.5. The highest BCUT2D eigenvalue weighted by molar-refractivity contribution is 8.25. The second kappa shape index (κ2) is 10.9. The third kappa shape index (κ3) is 5.30. The SMILES string of the molecule is CCS(O)(O)C1(c2cc(N3CCOC[C@@H]3C)nc(-c3ccc(NC(=O)N[C@H](C)CO)cc3)n2)CCC1. The van der Waals surface area contributed by atoms with Crippen molar-refractivity contribution in [1.29, 1.82) is 0 Å². The standard InChI is InChI=1S/C25H37N5O5S/c1-4-36(33,34)25(10-5-11-25)21-14-22(30-12-13-35-16-18(30)3)29-23(28-21)19-6-8-20(9-7-19)27-24(32)26-17(2)15-31/h6-9,14,17-18,31,33-34H,4-5,10-13,15-16H2,1-3H3,(H2,26,27,32)/t17-,18+/m1/s1. The van der Waals surface area contributed by atoms with Gasteiger partial charge in [-0.15, -0.1) is 0 Å². The molecule has 0 spiro atoms. The Bertz CT molecular complexity index is 1060. The molecule has 1 aliphatic carbocycles. The number of carbonyl (C=O) groups is 1. The molecule has 2 heterocycles.